The number of carbonyl (C=O) groups is 1. The third-order valence-corrected chi connectivity index (χ3v) is 5.93. The molecule has 0 saturated carbocycles. The van der Waals surface area contributed by atoms with E-state index in [0.717, 1.165) is 12.1 Å². The van der Waals surface area contributed by atoms with Crippen molar-refractivity contribution in [2.75, 3.05) is 18.4 Å². The average molecular weight is 370 g/mol. The minimum Gasteiger partial charge on any atom is -0.335 e. The maximum atomic E-state index is 13.6. The van der Waals surface area contributed by atoms with Crippen LogP contribution >= 0.6 is 0 Å². The number of aromatic nitrogens is 2. The lowest BCUT2D eigenvalue weighted by atomic mass is 9.97. The van der Waals surface area contributed by atoms with Crippen molar-refractivity contribution in [1.82, 2.24) is 14.3 Å². The standard InChI is InChI=1S/C15H16F2N4O3S/c16-11-1-2-13(12(17)7-11)20-15(22)10-3-5-21(6-4-10)25(23,24)14-8-18-9-19-14/h1-2,7-10H,3-6H2,(H,18,19)(H,20,22). The van der Waals surface area contributed by atoms with E-state index in [1.54, 1.807) is 0 Å². The number of nitrogens with zero attached hydrogens (tertiary/aromatic N) is 2. The first kappa shape index (κ1) is 17.5. The number of benzene rings is 1. The van der Waals surface area contributed by atoms with Crippen LogP contribution < -0.4 is 5.32 Å². The number of halogens is 2. The second-order valence-corrected chi connectivity index (χ2v) is 7.61. The molecule has 7 nitrogen and oxygen atoms in total. The molecular weight excluding hydrogens is 354 g/mol. The Morgan fingerprint density at radius 3 is 2.60 bits per heavy atom. The number of carbonyl (C=O) groups excluding carboxylic acids is 1. The highest BCUT2D eigenvalue weighted by Crippen LogP contribution is 2.24. The molecule has 1 aliphatic rings. The highest BCUT2D eigenvalue weighted by molar-refractivity contribution is 7.89. The van der Waals surface area contributed by atoms with Gasteiger partial charge in [-0.05, 0) is 25.0 Å². The monoisotopic (exact) mass is 370 g/mol. The van der Waals surface area contributed by atoms with Crippen LogP contribution in [0.3, 0.4) is 0 Å². The summed E-state index contributed by atoms with van der Waals surface area (Å²) in [5, 5.41) is 2.43. The van der Waals surface area contributed by atoms with Gasteiger partial charge in [0.2, 0.25) is 5.91 Å². The van der Waals surface area contributed by atoms with E-state index in [4.69, 9.17) is 0 Å². The lowest BCUT2D eigenvalue weighted by Gasteiger charge is -2.30. The summed E-state index contributed by atoms with van der Waals surface area (Å²) in [6, 6.07) is 2.90. The molecule has 0 radical (unpaired) electrons. The van der Waals surface area contributed by atoms with Gasteiger partial charge in [0.25, 0.3) is 10.0 Å². The number of imidazole rings is 1. The topological polar surface area (TPSA) is 95.2 Å². The number of nitrogens with one attached hydrogen (secondary N) is 2. The van der Waals surface area contributed by atoms with Crippen LogP contribution in [0.15, 0.2) is 35.7 Å². The van der Waals surface area contributed by atoms with Crippen molar-refractivity contribution in [3.05, 3.63) is 42.4 Å². The Bertz CT molecular complexity index is 863. The third kappa shape index (κ3) is 3.69. The predicted molar refractivity (Wildman–Crippen MR) is 85.1 cm³/mol. The maximum absolute atomic E-state index is 13.6. The Morgan fingerprint density at radius 1 is 1.28 bits per heavy atom. The first-order valence-electron chi connectivity index (χ1n) is 7.62. The molecule has 1 amide bonds. The Labute approximate surface area is 143 Å². The summed E-state index contributed by atoms with van der Waals surface area (Å²) in [6.45, 7) is 0.344. The lowest BCUT2D eigenvalue weighted by molar-refractivity contribution is -0.120. The Kier molecular flexibility index (Phi) is 4.82. The fourth-order valence-electron chi connectivity index (χ4n) is 2.71. The van der Waals surface area contributed by atoms with Crippen molar-refractivity contribution in [3.63, 3.8) is 0 Å². The van der Waals surface area contributed by atoms with Crippen molar-refractivity contribution in [2.45, 2.75) is 17.9 Å². The molecule has 2 heterocycles. The predicted octanol–water partition coefficient (Wildman–Crippen LogP) is 1.73. The number of hydrogen-bond donors (Lipinski definition) is 2. The van der Waals surface area contributed by atoms with Gasteiger partial charge in [0, 0.05) is 25.1 Å². The summed E-state index contributed by atoms with van der Waals surface area (Å²) in [5.74, 6) is -2.44. The van der Waals surface area contributed by atoms with Crippen molar-refractivity contribution in [2.24, 2.45) is 5.92 Å². The van der Waals surface area contributed by atoms with Gasteiger partial charge < -0.3 is 10.3 Å². The molecule has 0 aliphatic carbocycles. The number of hydrogen-bond acceptors (Lipinski definition) is 4. The van der Waals surface area contributed by atoms with Gasteiger partial charge in [0.05, 0.1) is 18.2 Å². The number of anilines is 1. The molecule has 0 unspecified atom stereocenters. The molecule has 1 aromatic carbocycles. The van der Waals surface area contributed by atoms with Crippen LogP contribution in [-0.4, -0.2) is 41.7 Å². The molecule has 2 aromatic rings. The van der Waals surface area contributed by atoms with Crippen LogP contribution in [-0.2, 0) is 14.8 Å². The van der Waals surface area contributed by atoms with E-state index in [-0.39, 0.29) is 23.8 Å². The van der Waals surface area contributed by atoms with Crippen LogP contribution in [0.2, 0.25) is 0 Å². The van der Waals surface area contributed by atoms with Gasteiger partial charge in [-0.1, -0.05) is 0 Å². The van der Waals surface area contributed by atoms with E-state index in [1.165, 1.54) is 16.8 Å². The summed E-state index contributed by atoms with van der Waals surface area (Å²) < 4.78 is 52.5. The number of piperidine rings is 1. The first-order chi connectivity index (χ1) is 11.9. The van der Waals surface area contributed by atoms with Gasteiger partial charge in [0.15, 0.2) is 5.03 Å². The first-order valence-corrected chi connectivity index (χ1v) is 9.06. The van der Waals surface area contributed by atoms with Crippen molar-refractivity contribution in [3.8, 4) is 0 Å². The second-order valence-electron chi connectivity index (χ2n) is 5.71. The van der Waals surface area contributed by atoms with Gasteiger partial charge in [-0.15, -0.1) is 0 Å². The van der Waals surface area contributed by atoms with Crippen LogP contribution in [0.1, 0.15) is 12.8 Å². The van der Waals surface area contributed by atoms with Gasteiger partial charge in [-0.2, -0.15) is 4.31 Å². The van der Waals surface area contributed by atoms with E-state index in [0.29, 0.717) is 18.9 Å². The van der Waals surface area contributed by atoms with Gasteiger partial charge >= 0.3 is 0 Å². The van der Waals surface area contributed by atoms with Crippen LogP contribution in [0.4, 0.5) is 14.5 Å². The fourth-order valence-corrected chi connectivity index (χ4v) is 4.07. The molecule has 134 valence electrons. The zero-order chi connectivity index (χ0) is 18.0. The second kappa shape index (κ2) is 6.89. The van der Waals surface area contributed by atoms with Crippen LogP contribution in [0.25, 0.3) is 0 Å². The molecule has 3 rings (SSSR count). The van der Waals surface area contributed by atoms with Gasteiger partial charge in [0.1, 0.15) is 11.6 Å². The van der Waals surface area contributed by atoms with E-state index in [2.05, 4.69) is 15.3 Å². The largest absolute Gasteiger partial charge is 0.335 e. The quantitative estimate of drug-likeness (QED) is 0.857. The molecule has 1 fully saturated rings. The van der Waals surface area contributed by atoms with E-state index in [9.17, 15) is 22.0 Å². The Balaban J connectivity index is 1.61. The smallest absolute Gasteiger partial charge is 0.260 e. The molecule has 2 N–H and O–H groups in total. The molecule has 1 saturated heterocycles. The Morgan fingerprint density at radius 2 is 2.00 bits per heavy atom. The van der Waals surface area contributed by atoms with E-state index in [1.807, 2.05) is 0 Å². The molecule has 0 atom stereocenters. The number of rotatable bonds is 4. The van der Waals surface area contributed by atoms with Gasteiger partial charge in [-0.25, -0.2) is 22.2 Å². The summed E-state index contributed by atoms with van der Waals surface area (Å²) in [7, 11) is -3.66. The molecule has 0 spiro atoms. The summed E-state index contributed by atoms with van der Waals surface area (Å²) in [5.41, 5.74) is -0.0982. The molecule has 10 heteroatoms. The van der Waals surface area contributed by atoms with Gasteiger partial charge in [-0.3, -0.25) is 4.79 Å². The van der Waals surface area contributed by atoms with Crippen molar-refractivity contribution >= 4 is 21.6 Å². The van der Waals surface area contributed by atoms with Crippen LogP contribution in [0.5, 0.6) is 0 Å². The molecular formula is C15H16F2N4O3S. The average Bonchev–Trinajstić information content (AvgIpc) is 3.13. The molecule has 1 aliphatic heterocycles. The lowest BCUT2D eigenvalue weighted by Crippen LogP contribution is -2.41. The minimum absolute atomic E-state index is 0.00350. The summed E-state index contributed by atoms with van der Waals surface area (Å²) >= 11 is 0. The molecule has 1 aromatic heterocycles. The zero-order valence-electron chi connectivity index (χ0n) is 13.1. The molecule has 25 heavy (non-hydrogen) atoms. The Hall–Kier alpha value is -2.33. The highest BCUT2D eigenvalue weighted by atomic mass is 32.2. The highest BCUT2D eigenvalue weighted by Gasteiger charge is 2.33. The summed E-state index contributed by atoms with van der Waals surface area (Å²) in [4.78, 5) is 18.5. The number of aromatic amines is 1. The maximum Gasteiger partial charge on any atom is 0.260 e. The summed E-state index contributed by atoms with van der Waals surface area (Å²) in [6.07, 6.45) is 3.12. The minimum atomic E-state index is -3.66. The van der Waals surface area contributed by atoms with Crippen molar-refractivity contribution < 1.29 is 22.0 Å². The van der Waals surface area contributed by atoms with Crippen LogP contribution in [0, 0.1) is 17.6 Å². The van der Waals surface area contributed by atoms with Crippen molar-refractivity contribution in [1.29, 1.82) is 0 Å². The number of sulfonamides is 1. The number of amides is 1. The number of H-pyrrole nitrogens is 1. The zero-order valence-corrected chi connectivity index (χ0v) is 13.9. The molecule has 0 bridgehead atoms. The SMILES string of the molecule is O=C(Nc1ccc(F)cc1F)C1CCN(S(=O)(=O)c2cnc[nH]2)CC1. The van der Waals surface area contributed by atoms with E-state index < -0.39 is 33.5 Å². The third-order valence-electron chi connectivity index (χ3n) is 4.10. The van der Waals surface area contributed by atoms with E-state index >= 15 is 0 Å². The fraction of sp³-hybridized carbons (Fsp3) is 0.333. The normalized spacial score (nSPS) is 16.7.